The van der Waals surface area contributed by atoms with E-state index in [-0.39, 0.29) is 0 Å². The third-order valence-electron chi connectivity index (χ3n) is 2.77. The van der Waals surface area contributed by atoms with Gasteiger partial charge in [0, 0.05) is 5.56 Å². The second kappa shape index (κ2) is 5.34. The van der Waals surface area contributed by atoms with Crippen LogP contribution in [-0.4, -0.2) is 16.3 Å². The molecule has 0 aliphatic heterocycles. The third kappa shape index (κ3) is 2.51. The van der Waals surface area contributed by atoms with Gasteiger partial charge in [0.05, 0.1) is 11.9 Å². The smallest absolute Gasteiger partial charge is 0.136 e. The van der Waals surface area contributed by atoms with Gasteiger partial charge in [0.2, 0.25) is 0 Å². The highest BCUT2D eigenvalue weighted by molar-refractivity contribution is 6.30. The molecule has 0 spiro atoms. The van der Waals surface area contributed by atoms with Crippen LogP contribution in [0.25, 0.3) is 5.69 Å². The Kier molecular flexibility index (Phi) is 3.82. The van der Waals surface area contributed by atoms with Crippen molar-refractivity contribution in [3.05, 3.63) is 46.7 Å². The van der Waals surface area contributed by atoms with Crippen LogP contribution in [0.2, 0.25) is 5.15 Å². The van der Waals surface area contributed by atoms with Gasteiger partial charge in [-0.25, -0.2) is 4.68 Å². The van der Waals surface area contributed by atoms with Crippen molar-refractivity contribution >= 4 is 11.6 Å². The fourth-order valence-electron chi connectivity index (χ4n) is 1.80. The summed E-state index contributed by atoms with van der Waals surface area (Å²) in [6.45, 7) is 2.72. The molecule has 0 amide bonds. The van der Waals surface area contributed by atoms with Crippen molar-refractivity contribution < 1.29 is 0 Å². The minimum Gasteiger partial charge on any atom is -0.330 e. The zero-order valence-electron chi connectivity index (χ0n) is 9.86. The number of nitrogens with zero attached hydrogens (tertiary/aromatic N) is 2. The summed E-state index contributed by atoms with van der Waals surface area (Å²) in [4.78, 5) is 0. The van der Waals surface area contributed by atoms with E-state index in [0.29, 0.717) is 11.7 Å². The van der Waals surface area contributed by atoms with Crippen molar-refractivity contribution in [1.29, 1.82) is 0 Å². The SMILES string of the molecule is Cc1ccccc1-n1ncc(CCCN)c1Cl. The van der Waals surface area contributed by atoms with Crippen LogP contribution in [0.3, 0.4) is 0 Å². The number of para-hydroxylation sites is 1. The maximum Gasteiger partial charge on any atom is 0.136 e. The van der Waals surface area contributed by atoms with E-state index in [1.165, 1.54) is 0 Å². The molecule has 1 aromatic heterocycles. The molecule has 3 nitrogen and oxygen atoms in total. The molecule has 0 aliphatic rings. The quantitative estimate of drug-likeness (QED) is 0.906. The molecule has 2 aromatic rings. The van der Waals surface area contributed by atoms with Gasteiger partial charge in [0.15, 0.2) is 0 Å². The summed E-state index contributed by atoms with van der Waals surface area (Å²) in [7, 11) is 0. The van der Waals surface area contributed by atoms with Crippen LogP contribution < -0.4 is 5.73 Å². The predicted octanol–water partition coefficient (Wildman–Crippen LogP) is 2.73. The normalized spacial score (nSPS) is 10.8. The van der Waals surface area contributed by atoms with Crippen LogP contribution in [0.4, 0.5) is 0 Å². The number of aryl methyl sites for hydroxylation is 2. The number of benzene rings is 1. The van der Waals surface area contributed by atoms with Gasteiger partial charge >= 0.3 is 0 Å². The molecule has 90 valence electrons. The maximum atomic E-state index is 6.33. The minimum absolute atomic E-state index is 0.672. The number of rotatable bonds is 4. The standard InChI is InChI=1S/C13H16ClN3/c1-10-5-2-3-7-12(10)17-13(14)11(9-16-17)6-4-8-15/h2-3,5,7,9H,4,6,8,15H2,1H3. The molecule has 1 heterocycles. The van der Waals surface area contributed by atoms with Crippen LogP contribution in [0, 0.1) is 6.92 Å². The number of halogens is 1. The average molecular weight is 250 g/mol. The van der Waals surface area contributed by atoms with E-state index in [4.69, 9.17) is 17.3 Å². The summed E-state index contributed by atoms with van der Waals surface area (Å²) in [5.74, 6) is 0. The Balaban J connectivity index is 2.34. The van der Waals surface area contributed by atoms with Crippen LogP contribution in [0.15, 0.2) is 30.5 Å². The lowest BCUT2D eigenvalue weighted by Crippen LogP contribution is -2.01. The van der Waals surface area contributed by atoms with Gasteiger partial charge < -0.3 is 5.73 Å². The Morgan fingerprint density at radius 1 is 1.35 bits per heavy atom. The second-order valence-electron chi connectivity index (χ2n) is 4.05. The molecule has 2 rings (SSSR count). The molecule has 0 saturated carbocycles. The maximum absolute atomic E-state index is 6.33. The molecule has 0 radical (unpaired) electrons. The first-order valence-corrected chi connectivity index (χ1v) is 6.10. The van der Waals surface area contributed by atoms with Crippen LogP contribution in [0.5, 0.6) is 0 Å². The fourth-order valence-corrected chi connectivity index (χ4v) is 2.07. The van der Waals surface area contributed by atoms with Gasteiger partial charge in [-0.2, -0.15) is 5.10 Å². The van der Waals surface area contributed by atoms with Crippen LogP contribution >= 0.6 is 11.6 Å². The molecule has 0 unspecified atom stereocenters. The monoisotopic (exact) mass is 249 g/mol. The number of nitrogens with two attached hydrogens (primary N) is 1. The Hall–Kier alpha value is -1.32. The Morgan fingerprint density at radius 2 is 2.12 bits per heavy atom. The Labute approximate surface area is 106 Å². The molecule has 2 N–H and O–H groups in total. The van der Waals surface area contributed by atoms with Gasteiger partial charge in [-0.1, -0.05) is 29.8 Å². The van der Waals surface area contributed by atoms with Crippen LogP contribution in [-0.2, 0) is 6.42 Å². The van der Waals surface area contributed by atoms with Crippen LogP contribution in [0.1, 0.15) is 17.5 Å². The molecule has 0 atom stereocenters. The molecule has 1 aromatic carbocycles. The summed E-state index contributed by atoms with van der Waals surface area (Å²) in [5, 5.41) is 5.03. The van der Waals surface area contributed by atoms with E-state index < -0.39 is 0 Å². The van der Waals surface area contributed by atoms with Crippen molar-refractivity contribution in [2.24, 2.45) is 5.73 Å². The van der Waals surface area contributed by atoms with E-state index >= 15 is 0 Å². The summed E-state index contributed by atoms with van der Waals surface area (Å²) >= 11 is 6.33. The average Bonchev–Trinajstić information content (AvgIpc) is 2.69. The highest BCUT2D eigenvalue weighted by Crippen LogP contribution is 2.22. The largest absolute Gasteiger partial charge is 0.330 e. The highest BCUT2D eigenvalue weighted by Gasteiger charge is 2.10. The van der Waals surface area contributed by atoms with Crippen molar-refractivity contribution in [3.8, 4) is 5.69 Å². The van der Waals surface area contributed by atoms with Crippen molar-refractivity contribution in [1.82, 2.24) is 9.78 Å². The number of hydrogen-bond donors (Lipinski definition) is 1. The van der Waals surface area contributed by atoms with Gasteiger partial charge in [-0.05, 0) is 37.9 Å². The lowest BCUT2D eigenvalue weighted by atomic mass is 10.2. The molecule has 0 fully saturated rings. The highest BCUT2D eigenvalue weighted by atomic mass is 35.5. The third-order valence-corrected chi connectivity index (χ3v) is 3.18. The van der Waals surface area contributed by atoms with E-state index in [1.54, 1.807) is 4.68 Å². The van der Waals surface area contributed by atoms with E-state index in [2.05, 4.69) is 5.10 Å². The molecule has 4 heteroatoms. The zero-order valence-corrected chi connectivity index (χ0v) is 10.6. The van der Waals surface area contributed by atoms with E-state index in [9.17, 15) is 0 Å². The first kappa shape index (κ1) is 12.1. The molecular formula is C13H16ClN3. The van der Waals surface area contributed by atoms with E-state index in [0.717, 1.165) is 29.7 Å². The summed E-state index contributed by atoms with van der Waals surface area (Å²) < 4.78 is 1.78. The van der Waals surface area contributed by atoms with Crippen molar-refractivity contribution in [2.75, 3.05) is 6.54 Å². The predicted molar refractivity (Wildman–Crippen MR) is 70.7 cm³/mol. The second-order valence-corrected chi connectivity index (χ2v) is 4.41. The van der Waals surface area contributed by atoms with Gasteiger partial charge in [0.25, 0.3) is 0 Å². The molecule has 0 saturated heterocycles. The Morgan fingerprint density at radius 3 is 2.82 bits per heavy atom. The minimum atomic E-state index is 0.672. The fraction of sp³-hybridized carbons (Fsp3) is 0.308. The summed E-state index contributed by atoms with van der Waals surface area (Å²) in [6, 6.07) is 8.05. The van der Waals surface area contributed by atoms with Gasteiger partial charge in [-0.3, -0.25) is 0 Å². The van der Waals surface area contributed by atoms with Crippen molar-refractivity contribution in [2.45, 2.75) is 19.8 Å². The number of hydrogen-bond acceptors (Lipinski definition) is 2. The van der Waals surface area contributed by atoms with Gasteiger partial charge in [-0.15, -0.1) is 0 Å². The Bertz CT molecular complexity index is 505. The number of aromatic nitrogens is 2. The topological polar surface area (TPSA) is 43.8 Å². The molecular weight excluding hydrogens is 234 g/mol. The zero-order chi connectivity index (χ0) is 12.3. The molecule has 0 aliphatic carbocycles. The summed E-state index contributed by atoms with van der Waals surface area (Å²) in [5.41, 5.74) is 8.73. The first-order valence-electron chi connectivity index (χ1n) is 5.72. The van der Waals surface area contributed by atoms with Crippen molar-refractivity contribution in [3.63, 3.8) is 0 Å². The lowest BCUT2D eigenvalue weighted by molar-refractivity contribution is 0.831. The van der Waals surface area contributed by atoms with E-state index in [1.807, 2.05) is 37.4 Å². The molecule has 0 bridgehead atoms. The first-order chi connectivity index (χ1) is 8.24. The lowest BCUT2D eigenvalue weighted by Gasteiger charge is -2.06. The van der Waals surface area contributed by atoms with Gasteiger partial charge in [0.1, 0.15) is 5.15 Å². The summed E-state index contributed by atoms with van der Waals surface area (Å²) in [6.07, 6.45) is 3.63. The molecule has 17 heavy (non-hydrogen) atoms.